The van der Waals surface area contributed by atoms with Gasteiger partial charge in [0.05, 0.1) is 14.9 Å². The Morgan fingerprint density at radius 3 is 2.53 bits per heavy atom. The van der Waals surface area contributed by atoms with Gasteiger partial charge >= 0.3 is 0 Å². The molecule has 0 aliphatic carbocycles. The van der Waals surface area contributed by atoms with Gasteiger partial charge in [-0.3, -0.25) is 14.9 Å². The first-order chi connectivity index (χ1) is 7.71. The fourth-order valence-corrected chi connectivity index (χ4v) is 1.44. The summed E-state index contributed by atoms with van der Waals surface area (Å²) in [5, 5.41) is 13.2. The third-order valence-corrected chi connectivity index (χ3v) is 3.00. The molecule has 7 heteroatoms. The van der Waals surface area contributed by atoms with Gasteiger partial charge < -0.3 is 5.32 Å². The van der Waals surface area contributed by atoms with Gasteiger partial charge in [-0.25, -0.2) is 0 Å². The highest BCUT2D eigenvalue weighted by atomic mass is 79.9. The Balaban J connectivity index is 3.02. The van der Waals surface area contributed by atoms with Gasteiger partial charge in [0.25, 0.3) is 5.69 Å². The molecule has 0 unspecified atom stereocenters. The molecule has 1 aromatic carbocycles. The second kappa shape index (κ2) is 5.14. The normalized spacial score (nSPS) is 11.1. The Hall–Kier alpha value is -0.950. The number of benzene rings is 1. The molecular formula is C10H10Br2N2O3. The molecule has 0 saturated heterocycles. The average molecular weight is 366 g/mol. The van der Waals surface area contributed by atoms with Crippen LogP contribution in [0.4, 0.5) is 11.4 Å². The van der Waals surface area contributed by atoms with Crippen molar-refractivity contribution in [2.45, 2.75) is 18.2 Å². The number of nitrogens with one attached hydrogen (secondary N) is 1. The van der Waals surface area contributed by atoms with Crippen LogP contribution in [-0.4, -0.2) is 15.2 Å². The average Bonchev–Trinajstić information content (AvgIpc) is 2.19. The molecule has 1 aromatic rings. The molecule has 92 valence electrons. The number of carbonyl (C=O) groups is 1. The second-order valence-electron chi connectivity index (χ2n) is 3.85. The molecule has 1 amide bonds. The number of anilines is 1. The highest BCUT2D eigenvalue weighted by Crippen LogP contribution is 2.28. The van der Waals surface area contributed by atoms with E-state index in [-0.39, 0.29) is 11.6 Å². The zero-order valence-corrected chi connectivity index (χ0v) is 12.3. The molecular weight excluding hydrogens is 356 g/mol. The van der Waals surface area contributed by atoms with E-state index in [1.807, 2.05) is 0 Å². The molecule has 0 aromatic heterocycles. The van der Waals surface area contributed by atoms with E-state index in [0.717, 1.165) is 0 Å². The van der Waals surface area contributed by atoms with Gasteiger partial charge in [-0.05, 0) is 35.8 Å². The number of alkyl halides is 1. The number of rotatable bonds is 3. The maximum absolute atomic E-state index is 11.7. The number of nitrogens with zero attached hydrogens (tertiary/aromatic N) is 1. The number of hydrogen-bond donors (Lipinski definition) is 1. The third-order valence-electron chi connectivity index (χ3n) is 1.95. The minimum Gasteiger partial charge on any atom is -0.324 e. The highest BCUT2D eigenvalue weighted by molar-refractivity contribution is 9.10. The zero-order chi connectivity index (χ0) is 13.2. The lowest BCUT2D eigenvalue weighted by Gasteiger charge is -2.16. The smallest absolute Gasteiger partial charge is 0.271 e. The Kier molecular flexibility index (Phi) is 4.26. The number of halogens is 2. The fourth-order valence-electron chi connectivity index (χ4n) is 0.994. The largest absolute Gasteiger partial charge is 0.324 e. The summed E-state index contributed by atoms with van der Waals surface area (Å²) in [4.78, 5) is 21.8. The van der Waals surface area contributed by atoms with Gasteiger partial charge in [0, 0.05) is 16.6 Å². The van der Waals surface area contributed by atoms with E-state index in [1.165, 1.54) is 18.2 Å². The molecule has 1 N–H and O–H groups in total. The van der Waals surface area contributed by atoms with Crippen LogP contribution < -0.4 is 5.32 Å². The van der Waals surface area contributed by atoms with Crippen LogP contribution in [0.1, 0.15) is 13.8 Å². The maximum atomic E-state index is 11.7. The fraction of sp³-hybridized carbons (Fsp3) is 0.300. The van der Waals surface area contributed by atoms with E-state index in [1.54, 1.807) is 13.8 Å². The van der Waals surface area contributed by atoms with E-state index in [9.17, 15) is 14.9 Å². The quantitative estimate of drug-likeness (QED) is 0.506. The van der Waals surface area contributed by atoms with Crippen molar-refractivity contribution in [3.63, 3.8) is 0 Å². The lowest BCUT2D eigenvalue weighted by Crippen LogP contribution is -2.31. The van der Waals surface area contributed by atoms with Gasteiger partial charge in [0.15, 0.2) is 0 Å². The summed E-state index contributed by atoms with van der Waals surface area (Å²) < 4.78 is -0.148. The summed E-state index contributed by atoms with van der Waals surface area (Å²) in [6, 6.07) is 4.19. The summed E-state index contributed by atoms with van der Waals surface area (Å²) in [5.74, 6) is -0.279. The van der Waals surface area contributed by atoms with Crippen molar-refractivity contribution in [3.05, 3.63) is 32.8 Å². The van der Waals surface area contributed by atoms with Crippen LogP contribution in [0.3, 0.4) is 0 Å². The number of non-ortho nitro benzene ring substituents is 1. The Labute approximate surface area is 115 Å². The van der Waals surface area contributed by atoms with Crippen molar-refractivity contribution in [3.8, 4) is 0 Å². The van der Waals surface area contributed by atoms with E-state index in [2.05, 4.69) is 37.2 Å². The minimum absolute atomic E-state index is 0.0733. The van der Waals surface area contributed by atoms with Gasteiger partial charge in [0.1, 0.15) is 0 Å². The van der Waals surface area contributed by atoms with Crippen molar-refractivity contribution in [2.75, 3.05) is 5.32 Å². The summed E-state index contributed by atoms with van der Waals surface area (Å²) in [7, 11) is 0. The molecule has 1 rings (SSSR count). The van der Waals surface area contributed by atoms with Crippen LogP contribution in [-0.2, 0) is 4.79 Å². The Morgan fingerprint density at radius 2 is 2.06 bits per heavy atom. The van der Waals surface area contributed by atoms with Crippen LogP contribution in [0.25, 0.3) is 0 Å². The predicted molar refractivity (Wildman–Crippen MR) is 72.4 cm³/mol. The number of nitro groups is 1. The topological polar surface area (TPSA) is 72.2 Å². The molecule has 0 aliphatic rings. The van der Waals surface area contributed by atoms with Crippen molar-refractivity contribution in [1.82, 2.24) is 0 Å². The number of nitro benzene ring substituents is 1. The molecule has 0 radical (unpaired) electrons. The lowest BCUT2D eigenvalue weighted by atomic mass is 10.2. The molecule has 0 atom stereocenters. The molecule has 0 saturated carbocycles. The van der Waals surface area contributed by atoms with Gasteiger partial charge in [-0.1, -0.05) is 15.9 Å². The molecule has 0 heterocycles. The first kappa shape index (κ1) is 14.1. The van der Waals surface area contributed by atoms with Crippen LogP contribution >= 0.6 is 31.9 Å². The molecule has 0 fully saturated rings. The second-order valence-corrected chi connectivity index (χ2v) is 6.68. The molecule has 5 nitrogen and oxygen atoms in total. The molecule has 17 heavy (non-hydrogen) atoms. The van der Waals surface area contributed by atoms with Crippen molar-refractivity contribution in [2.24, 2.45) is 0 Å². The van der Waals surface area contributed by atoms with Gasteiger partial charge in [-0.2, -0.15) is 0 Å². The van der Waals surface area contributed by atoms with Gasteiger partial charge in [-0.15, -0.1) is 0 Å². The lowest BCUT2D eigenvalue weighted by molar-refractivity contribution is -0.384. The summed E-state index contributed by atoms with van der Waals surface area (Å²) in [5.41, 5.74) is 0.299. The SMILES string of the molecule is CC(C)(Br)C(=O)Nc1cc([N+](=O)[O-])ccc1Br. The van der Waals surface area contributed by atoms with Crippen LogP contribution in [0.5, 0.6) is 0 Å². The number of carbonyl (C=O) groups excluding carboxylic acids is 1. The van der Waals surface area contributed by atoms with E-state index >= 15 is 0 Å². The summed E-state index contributed by atoms with van der Waals surface area (Å²) in [6.45, 7) is 3.38. The first-order valence-electron chi connectivity index (χ1n) is 4.66. The monoisotopic (exact) mass is 364 g/mol. The number of hydrogen-bond acceptors (Lipinski definition) is 3. The van der Waals surface area contributed by atoms with Crippen LogP contribution in [0.15, 0.2) is 22.7 Å². The predicted octanol–water partition coefficient (Wildman–Crippen LogP) is 3.47. The molecule has 0 aliphatic heterocycles. The highest BCUT2D eigenvalue weighted by Gasteiger charge is 2.24. The van der Waals surface area contributed by atoms with Crippen molar-refractivity contribution in [1.29, 1.82) is 0 Å². The summed E-state index contributed by atoms with van der Waals surface area (Å²) >= 11 is 6.43. The first-order valence-corrected chi connectivity index (χ1v) is 6.24. The molecule has 0 bridgehead atoms. The third kappa shape index (κ3) is 3.78. The van der Waals surface area contributed by atoms with Crippen LogP contribution in [0.2, 0.25) is 0 Å². The van der Waals surface area contributed by atoms with E-state index < -0.39 is 9.25 Å². The zero-order valence-electron chi connectivity index (χ0n) is 9.16. The van der Waals surface area contributed by atoms with Crippen LogP contribution in [0, 0.1) is 10.1 Å². The molecule has 0 spiro atoms. The van der Waals surface area contributed by atoms with Gasteiger partial charge in [0.2, 0.25) is 5.91 Å². The standard InChI is InChI=1S/C10H10Br2N2O3/c1-10(2,12)9(15)13-8-5-6(14(16)17)3-4-7(8)11/h3-5H,1-2H3,(H,13,15). The van der Waals surface area contributed by atoms with E-state index in [0.29, 0.717) is 10.2 Å². The van der Waals surface area contributed by atoms with Crippen molar-refractivity contribution < 1.29 is 9.72 Å². The minimum atomic E-state index is -0.739. The Bertz CT molecular complexity index is 469. The Morgan fingerprint density at radius 1 is 1.47 bits per heavy atom. The van der Waals surface area contributed by atoms with E-state index in [4.69, 9.17) is 0 Å². The number of amides is 1. The maximum Gasteiger partial charge on any atom is 0.271 e. The van der Waals surface area contributed by atoms with Crippen molar-refractivity contribution >= 4 is 49.1 Å². The summed E-state index contributed by atoms with van der Waals surface area (Å²) in [6.07, 6.45) is 0.